The van der Waals surface area contributed by atoms with Gasteiger partial charge in [-0.05, 0) is 44.6 Å². The molecule has 0 bridgehead atoms. The largest absolute Gasteiger partial charge is 0.461 e. The Morgan fingerprint density at radius 1 is 0.967 bits per heavy atom. The van der Waals surface area contributed by atoms with Crippen LogP contribution in [0.3, 0.4) is 0 Å². The van der Waals surface area contributed by atoms with E-state index >= 15 is 0 Å². The molecule has 7 heteroatoms. The third-order valence-electron chi connectivity index (χ3n) is 4.10. The van der Waals surface area contributed by atoms with Crippen molar-refractivity contribution in [2.45, 2.75) is 30.0 Å². The van der Waals surface area contributed by atoms with E-state index in [1.807, 2.05) is 49.3 Å². The number of hydrogen-bond acceptors (Lipinski definition) is 4. The summed E-state index contributed by atoms with van der Waals surface area (Å²) < 4.78 is 3.19. The number of carbonyl (C=O) groups excluding carboxylic acids is 2. The summed E-state index contributed by atoms with van der Waals surface area (Å²) in [5.74, 6) is -0.711. The van der Waals surface area contributed by atoms with Crippen LogP contribution in [0.15, 0.2) is 54.6 Å². The van der Waals surface area contributed by atoms with Gasteiger partial charge in [-0.25, -0.2) is 4.79 Å². The van der Waals surface area contributed by atoms with Crippen molar-refractivity contribution in [1.82, 2.24) is 4.90 Å². The smallest absolute Gasteiger partial charge is 0.338 e. The van der Waals surface area contributed by atoms with Crippen LogP contribution in [0.4, 0.5) is 0 Å². The number of rotatable bonds is 8. The lowest BCUT2D eigenvalue weighted by atomic mass is 9.99. The maximum atomic E-state index is 11.9. The quantitative estimate of drug-likeness (QED) is 0.269. The molecule has 0 N–H and O–H groups in total. The van der Waals surface area contributed by atoms with Crippen molar-refractivity contribution in [2.24, 2.45) is 0 Å². The van der Waals surface area contributed by atoms with Crippen LogP contribution in [0.2, 0.25) is 0 Å². The van der Waals surface area contributed by atoms with Crippen LogP contribution >= 0.6 is 34.8 Å². The lowest BCUT2D eigenvalue weighted by Crippen LogP contribution is -2.20. The first kappa shape index (κ1) is 26.4. The van der Waals surface area contributed by atoms with Crippen LogP contribution < -0.4 is 0 Å². The minimum absolute atomic E-state index is 0.257. The Bertz CT molecular complexity index is 790. The van der Waals surface area contributed by atoms with E-state index in [4.69, 9.17) is 39.5 Å². The molecule has 0 fully saturated rings. The fraction of sp³-hybridized carbons (Fsp3) is 0.391. The second-order valence-corrected chi connectivity index (χ2v) is 9.17. The molecule has 0 saturated heterocycles. The molecular formula is C23H28Cl3NO3. The molecule has 30 heavy (non-hydrogen) atoms. The van der Waals surface area contributed by atoms with E-state index < -0.39 is 9.58 Å². The molecule has 0 amide bonds. The second-order valence-electron chi connectivity index (χ2n) is 6.89. The molecule has 0 aliphatic heterocycles. The highest BCUT2D eigenvalue weighted by Gasteiger charge is 2.32. The van der Waals surface area contributed by atoms with Crippen molar-refractivity contribution in [3.63, 3.8) is 0 Å². The fourth-order valence-corrected chi connectivity index (χ4v) is 2.76. The van der Waals surface area contributed by atoms with E-state index in [0.29, 0.717) is 17.7 Å². The number of hydrogen-bond donors (Lipinski definition) is 0. The zero-order valence-electron chi connectivity index (χ0n) is 17.5. The van der Waals surface area contributed by atoms with Gasteiger partial charge in [-0.2, -0.15) is 0 Å². The van der Waals surface area contributed by atoms with Gasteiger partial charge >= 0.3 is 5.97 Å². The molecule has 0 aromatic heterocycles. The van der Waals surface area contributed by atoms with Gasteiger partial charge in [0.1, 0.15) is 6.61 Å². The topological polar surface area (TPSA) is 46.6 Å². The van der Waals surface area contributed by atoms with Crippen molar-refractivity contribution in [2.75, 3.05) is 27.2 Å². The predicted molar refractivity (Wildman–Crippen MR) is 125 cm³/mol. The molecule has 0 heterocycles. The zero-order valence-corrected chi connectivity index (χ0v) is 19.8. The molecule has 0 spiro atoms. The van der Waals surface area contributed by atoms with Gasteiger partial charge < -0.3 is 9.64 Å². The summed E-state index contributed by atoms with van der Waals surface area (Å²) in [6, 6.07) is 16.3. The van der Waals surface area contributed by atoms with Gasteiger partial charge in [-0.1, -0.05) is 90.6 Å². The SMILES string of the molecule is CCCCc1ccccc1C(=O)C(Cl)(Cl)Cl.CN(C)CCOC(=O)c1ccccc1. The minimum atomic E-state index is -1.87. The Morgan fingerprint density at radius 3 is 2.13 bits per heavy atom. The first-order chi connectivity index (χ1) is 14.2. The highest BCUT2D eigenvalue weighted by Crippen LogP contribution is 2.31. The molecule has 0 unspecified atom stereocenters. The Balaban J connectivity index is 0.000000303. The van der Waals surface area contributed by atoms with Crippen LogP contribution in [0, 0.1) is 0 Å². The number of esters is 1. The van der Waals surface area contributed by atoms with E-state index in [1.165, 1.54) is 0 Å². The maximum Gasteiger partial charge on any atom is 0.338 e. The second kappa shape index (κ2) is 13.7. The van der Waals surface area contributed by atoms with Gasteiger partial charge in [-0.3, -0.25) is 4.79 Å². The Kier molecular flexibility index (Phi) is 12.0. The number of alkyl halides is 3. The zero-order chi connectivity index (χ0) is 22.6. The lowest BCUT2D eigenvalue weighted by Gasteiger charge is -2.13. The molecule has 0 aliphatic rings. The number of aryl methyl sites for hydroxylation is 1. The molecule has 2 aromatic rings. The molecule has 2 aromatic carbocycles. The third kappa shape index (κ3) is 9.94. The van der Waals surface area contributed by atoms with Gasteiger partial charge in [0.2, 0.25) is 5.78 Å². The van der Waals surface area contributed by atoms with Crippen LogP contribution in [0.5, 0.6) is 0 Å². The van der Waals surface area contributed by atoms with Crippen molar-refractivity contribution < 1.29 is 14.3 Å². The number of nitrogens with zero attached hydrogens (tertiary/aromatic N) is 1. The number of benzene rings is 2. The van der Waals surface area contributed by atoms with Gasteiger partial charge in [0, 0.05) is 12.1 Å². The van der Waals surface area contributed by atoms with E-state index in [9.17, 15) is 9.59 Å². The summed E-state index contributed by atoms with van der Waals surface area (Å²) >= 11 is 16.8. The normalized spacial score (nSPS) is 10.9. The molecule has 0 radical (unpaired) electrons. The van der Waals surface area contributed by atoms with Gasteiger partial charge in [0.15, 0.2) is 0 Å². The highest BCUT2D eigenvalue weighted by molar-refractivity contribution is 6.77. The molecule has 4 nitrogen and oxygen atoms in total. The molecule has 0 atom stereocenters. The standard InChI is InChI=1S/C12H13Cl3O.C11H15NO2/c1-2-3-6-9-7-4-5-8-10(9)11(16)12(13,14)15;1-12(2)8-9-14-11(13)10-6-4-3-5-7-10/h4-5,7-8H,2-3,6H2,1H3;3-7H,8-9H2,1-2H3. The maximum absolute atomic E-state index is 11.9. The third-order valence-corrected chi connectivity index (χ3v) is 4.62. The van der Waals surface area contributed by atoms with Crippen LogP contribution in [0.1, 0.15) is 46.0 Å². The van der Waals surface area contributed by atoms with Crippen LogP contribution in [-0.4, -0.2) is 47.7 Å². The number of unbranched alkanes of at least 4 members (excludes halogenated alkanes) is 1. The molecular weight excluding hydrogens is 445 g/mol. The molecule has 164 valence electrons. The highest BCUT2D eigenvalue weighted by atomic mass is 35.6. The summed E-state index contributed by atoms with van der Waals surface area (Å²) in [7, 11) is 3.88. The minimum Gasteiger partial charge on any atom is -0.461 e. The van der Waals surface area contributed by atoms with Gasteiger partial charge in [0.05, 0.1) is 5.56 Å². The summed E-state index contributed by atoms with van der Waals surface area (Å²) in [6.07, 6.45) is 2.92. The predicted octanol–water partition coefficient (Wildman–Crippen LogP) is 5.99. The first-order valence-electron chi connectivity index (χ1n) is 9.73. The van der Waals surface area contributed by atoms with E-state index in [1.54, 1.807) is 24.3 Å². The monoisotopic (exact) mass is 471 g/mol. The van der Waals surface area contributed by atoms with Gasteiger partial charge in [-0.15, -0.1) is 0 Å². The Hall–Kier alpha value is -1.59. The fourth-order valence-electron chi connectivity index (χ4n) is 2.46. The number of ether oxygens (including phenoxy) is 1. The van der Waals surface area contributed by atoms with Crippen LogP contribution in [0.25, 0.3) is 0 Å². The van der Waals surface area contributed by atoms with Crippen molar-refractivity contribution in [3.8, 4) is 0 Å². The van der Waals surface area contributed by atoms with E-state index in [-0.39, 0.29) is 5.97 Å². The summed E-state index contributed by atoms with van der Waals surface area (Å²) in [5, 5.41) is 0. The van der Waals surface area contributed by atoms with Crippen molar-refractivity contribution >= 4 is 46.6 Å². The van der Waals surface area contributed by atoms with Crippen molar-refractivity contribution in [3.05, 3.63) is 71.3 Å². The summed E-state index contributed by atoms with van der Waals surface area (Å²) in [4.78, 5) is 25.2. The average molecular weight is 473 g/mol. The number of halogens is 3. The molecule has 0 aliphatic carbocycles. The van der Waals surface area contributed by atoms with Crippen molar-refractivity contribution in [1.29, 1.82) is 0 Å². The number of carbonyl (C=O) groups is 2. The summed E-state index contributed by atoms with van der Waals surface area (Å²) in [5.41, 5.74) is 2.06. The van der Waals surface area contributed by atoms with Gasteiger partial charge in [0.25, 0.3) is 3.79 Å². The lowest BCUT2D eigenvalue weighted by molar-refractivity contribution is 0.0481. The Morgan fingerprint density at radius 2 is 1.57 bits per heavy atom. The van der Waals surface area contributed by atoms with Crippen LogP contribution in [-0.2, 0) is 11.2 Å². The Labute approximate surface area is 194 Å². The molecule has 0 saturated carbocycles. The van der Waals surface area contributed by atoms with E-state index in [0.717, 1.165) is 31.4 Å². The number of likely N-dealkylation sites (N-methyl/N-ethyl adjacent to an activating group) is 1. The first-order valence-corrected chi connectivity index (χ1v) is 10.9. The average Bonchev–Trinajstić information content (AvgIpc) is 2.72. The van der Waals surface area contributed by atoms with E-state index in [2.05, 4.69) is 6.92 Å². The summed E-state index contributed by atoms with van der Waals surface area (Å²) in [6.45, 7) is 3.28. The number of ketones is 1. The molecule has 2 rings (SSSR count). The number of Topliss-reactive ketones (excluding diaryl/α,β-unsaturated/α-hetero) is 1.